The molecule has 0 saturated carbocycles. The predicted molar refractivity (Wildman–Crippen MR) is 109 cm³/mol. The molecule has 2 rings (SSSR count). The molecule has 0 bridgehead atoms. The number of hydrogen-bond acceptors (Lipinski definition) is 7. The van der Waals surface area contributed by atoms with E-state index in [1.54, 1.807) is 0 Å². The fourth-order valence-corrected chi connectivity index (χ4v) is 4.49. The van der Waals surface area contributed by atoms with E-state index in [1.807, 2.05) is 43.4 Å². The van der Waals surface area contributed by atoms with Crippen molar-refractivity contribution in [1.29, 1.82) is 5.16 Å². The van der Waals surface area contributed by atoms with Gasteiger partial charge >= 0.3 is 0 Å². The van der Waals surface area contributed by atoms with Crippen LogP contribution in [0, 0.1) is 5.16 Å². The normalized spacial score (nSPS) is 36.6. The van der Waals surface area contributed by atoms with E-state index >= 15 is 0 Å². The van der Waals surface area contributed by atoms with E-state index in [0.29, 0.717) is 13.0 Å². The molecule has 0 amide bonds. The van der Waals surface area contributed by atoms with Crippen molar-refractivity contribution in [2.24, 2.45) is 5.50 Å². The number of nitrogens with two attached hydrogens (primary N) is 1. The number of hydrogen-bond donors (Lipinski definition) is 2. The Morgan fingerprint density at radius 1 is 1.00 bits per heavy atom. The summed E-state index contributed by atoms with van der Waals surface area (Å²) in [6, 6.07) is 0.139. The Morgan fingerprint density at radius 3 is 2.11 bits per heavy atom. The molecule has 0 aromatic carbocycles. The minimum Gasteiger partial charge on any atom is -0.379 e. The maximum Gasteiger partial charge on any atom is 0.282 e. The highest BCUT2D eigenvalue weighted by Crippen LogP contribution is 2.45. The smallest absolute Gasteiger partial charge is 0.282 e. The van der Waals surface area contributed by atoms with Gasteiger partial charge in [0.15, 0.2) is 0 Å². The van der Waals surface area contributed by atoms with E-state index in [1.165, 1.54) is 0 Å². The highest BCUT2D eigenvalue weighted by molar-refractivity contribution is 7.52. The van der Waals surface area contributed by atoms with E-state index in [0.717, 1.165) is 6.42 Å². The lowest BCUT2D eigenvalue weighted by atomic mass is 9.96. The van der Waals surface area contributed by atoms with E-state index < -0.39 is 7.66 Å². The van der Waals surface area contributed by atoms with Gasteiger partial charge < -0.3 is 28.0 Å². The molecule has 3 unspecified atom stereocenters. The monoisotopic (exact) mass is 404 g/mol. The molecule has 27 heavy (non-hydrogen) atoms. The first-order valence-corrected chi connectivity index (χ1v) is 11.6. The Morgan fingerprint density at radius 2 is 1.56 bits per heavy atom. The van der Waals surface area contributed by atoms with E-state index in [4.69, 9.17) is 38.7 Å². The van der Waals surface area contributed by atoms with Crippen LogP contribution in [0.1, 0.15) is 40.5 Å². The molecule has 3 N–H and O–H groups in total. The van der Waals surface area contributed by atoms with Crippen molar-refractivity contribution in [3.63, 3.8) is 0 Å². The Bertz CT molecular complexity index is 515. The SMILES string of the molecule is B[C@H]1CC(OC(C)C)[C@@H](COP(=N)(N)OC2C[C@H](B)O[C@@H]2COC(C)C)O1. The zero-order chi connectivity index (χ0) is 20.2. The fourth-order valence-electron chi connectivity index (χ4n) is 3.44. The summed E-state index contributed by atoms with van der Waals surface area (Å²) in [5, 5.41) is 8.34. The van der Waals surface area contributed by atoms with Crippen LogP contribution in [0.4, 0.5) is 0 Å². The van der Waals surface area contributed by atoms with E-state index in [9.17, 15) is 0 Å². The van der Waals surface area contributed by atoms with Gasteiger partial charge in [0.05, 0.1) is 37.6 Å². The van der Waals surface area contributed by atoms with Gasteiger partial charge in [-0.3, -0.25) is 10.7 Å². The van der Waals surface area contributed by atoms with Crippen LogP contribution in [-0.2, 0) is 28.0 Å². The number of ether oxygens (including phenoxy) is 4. The standard InChI is InChI=1S/C16H35B2N2O6P/c1-9(2)21-7-13-12(6-16(18)24-13)26-27(19,20)22-8-14-11(23-10(3)4)5-15(17)25-14/h9-16H,5-8,17-18H2,1-4H3,(H3,19,20)/t11?,12?,13-,14-,15-,16-/m1/s1. The first-order valence-electron chi connectivity index (χ1n) is 9.89. The summed E-state index contributed by atoms with van der Waals surface area (Å²) >= 11 is 0. The molecule has 11 heteroatoms. The molecule has 0 radical (unpaired) electrons. The number of rotatable bonds is 10. The van der Waals surface area contributed by atoms with E-state index in [-0.39, 0.29) is 55.2 Å². The van der Waals surface area contributed by atoms with Gasteiger partial charge in [-0.15, -0.1) is 0 Å². The summed E-state index contributed by atoms with van der Waals surface area (Å²) in [4.78, 5) is 0. The van der Waals surface area contributed by atoms with Crippen LogP contribution in [-0.4, -0.2) is 77.5 Å². The Hall–Kier alpha value is 0.0799. The number of nitrogens with one attached hydrogen (secondary N) is 1. The van der Waals surface area contributed by atoms with Gasteiger partial charge in [-0.1, -0.05) is 0 Å². The molecular weight excluding hydrogens is 369 g/mol. The van der Waals surface area contributed by atoms with E-state index in [2.05, 4.69) is 0 Å². The zero-order valence-electron chi connectivity index (χ0n) is 17.4. The Labute approximate surface area is 165 Å². The lowest BCUT2D eigenvalue weighted by molar-refractivity contribution is -0.0590. The second-order valence-corrected chi connectivity index (χ2v) is 9.75. The van der Waals surface area contributed by atoms with Crippen LogP contribution in [0.2, 0.25) is 0 Å². The fraction of sp³-hybridized carbons (Fsp3) is 1.00. The minimum atomic E-state index is -3.26. The van der Waals surface area contributed by atoms with Crippen LogP contribution in [0.3, 0.4) is 0 Å². The quantitative estimate of drug-likeness (QED) is 0.406. The molecule has 0 aromatic heterocycles. The van der Waals surface area contributed by atoms with Crippen LogP contribution in [0.25, 0.3) is 0 Å². The predicted octanol–water partition coefficient (Wildman–Crippen LogP) is 0.587. The molecule has 2 heterocycles. The van der Waals surface area contributed by atoms with Gasteiger partial charge in [0.1, 0.15) is 27.9 Å². The maximum atomic E-state index is 8.34. The third kappa shape index (κ3) is 7.78. The molecule has 0 spiro atoms. The Kier molecular flexibility index (Phi) is 8.84. The van der Waals surface area contributed by atoms with Crippen molar-refractivity contribution >= 4 is 23.4 Å². The van der Waals surface area contributed by atoms with Crippen molar-refractivity contribution in [1.82, 2.24) is 0 Å². The highest BCUT2D eigenvalue weighted by atomic mass is 31.2. The van der Waals surface area contributed by atoms with Gasteiger partial charge in [0, 0.05) is 12.0 Å². The third-order valence-corrected chi connectivity index (χ3v) is 5.65. The van der Waals surface area contributed by atoms with Crippen molar-refractivity contribution in [2.45, 2.75) is 89.2 Å². The molecule has 7 atom stereocenters. The first kappa shape index (κ1) is 23.4. The summed E-state index contributed by atoms with van der Waals surface area (Å²) < 4.78 is 34.8. The van der Waals surface area contributed by atoms with Gasteiger partial charge in [-0.25, -0.2) is 0 Å². The van der Waals surface area contributed by atoms with Gasteiger partial charge in [-0.2, -0.15) is 0 Å². The molecular formula is C16H35B2N2O6P. The van der Waals surface area contributed by atoms with Gasteiger partial charge in [-0.05, 0) is 40.5 Å². The molecule has 2 aliphatic rings. The summed E-state index contributed by atoms with van der Waals surface area (Å²) in [6.45, 7) is 8.54. The van der Waals surface area contributed by atoms with Crippen molar-refractivity contribution in [2.75, 3.05) is 13.2 Å². The van der Waals surface area contributed by atoms with Crippen LogP contribution in [0.5, 0.6) is 0 Å². The minimum absolute atomic E-state index is 0.0404. The molecule has 8 nitrogen and oxygen atoms in total. The topological polar surface area (TPSA) is 105 Å². The second-order valence-electron chi connectivity index (χ2n) is 8.08. The Balaban J connectivity index is 1.87. The van der Waals surface area contributed by atoms with Crippen LogP contribution < -0.4 is 5.50 Å². The first-order chi connectivity index (χ1) is 12.6. The third-order valence-electron chi connectivity index (χ3n) is 4.54. The lowest BCUT2D eigenvalue weighted by Crippen LogP contribution is -2.33. The van der Waals surface area contributed by atoms with Crippen molar-refractivity contribution in [3.8, 4) is 0 Å². The molecule has 2 saturated heterocycles. The highest BCUT2D eigenvalue weighted by Gasteiger charge is 2.39. The zero-order valence-corrected chi connectivity index (χ0v) is 18.3. The average molecular weight is 404 g/mol. The second kappa shape index (κ2) is 10.2. The summed E-state index contributed by atoms with van der Waals surface area (Å²) in [5.74, 6) is 0. The molecule has 2 fully saturated rings. The van der Waals surface area contributed by atoms with Crippen molar-refractivity contribution in [3.05, 3.63) is 0 Å². The summed E-state index contributed by atoms with van der Waals surface area (Å²) in [6.07, 6.45) is 0.858. The van der Waals surface area contributed by atoms with Gasteiger partial charge in [0.25, 0.3) is 7.66 Å². The summed E-state index contributed by atoms with van der Waals surface area (Å²) in [7, 11) is 0.733. The average Bonchev–Trinajstić information content (AvgIpc) is 3.04. The summed E-state index contributed by atoms with van der Waals surface area (Å²) in [5.41, 5.74) is 6.06. The van der Waals surface area contributed by atoms with Gasteiger partial charge in [0.2, 0.25) is 0 Å². The maximum absolute atomic E-state index is 8.34. The molecule has 156 valence electrons. The molecule has 0 aromatic rings. The van der Waals surface area contributed by atoms with Crippen LogP contribution >= 0.6 is 7.66 Å². The molecule has 0 aliphatic carbocycles. The van der Waals surface area contributed by atoms with Crippen LogP contribution in [0.15, 0.2) is 0 Å². The lowest BCUT2D eigenvalue weighted by Gasteiger charge is -2.27. The molecule has 2 aliphatic heterocycles. The van der Waals surface area contributed by atoms with Crippen molar-refractivity contribution < 1.29 is 28.0 Å². The largest absolute Gasteiger partial charge is 0.379 e.